The smallest absolute Gasteiger partial charge is 0.300 e. The first kappa shape index (κ1) is 13.7. The second kappa shape index (κ2) is 6.40. The summed E-state index contributed by atoms with van der Waals surface area (Å²) in [7, 11) is 4.53. The van der Waals surface area contributed by atoms with E-state index in [2.05, 4.69) is 17.2 Å². The maximum absolute atomic E-state index is 11.4. The summed E-state index contributed by atoms with van der Waals surface area (Å²) in [6.07, 6.45) is 0. The van der Waals surface area contributed by atoms with Gasteiger partial charge in [-0.05, 0) is 12.8 Å². The first-order chi connectivity index (χ1) is 8.65. The third-order valence-electron chi connectivity index (χ3n) is 2.16. The van der Waals surface area contributed by atoms with Crippen molar-refractivity contribution in [3.63, 3.8) is 0 Å². The summed E-state index contributed by atoms with van der Waals surface area (Å²) in [5, 5.41) is 2.62. The van der Waals surface area contributed by atoms with Crippen LogP contribution in [-0.2, 0) is 4.79 Å². The van der Waals surface area contributed by atoms with Crippen molar-refractivity contribution < 1.29 is 19.0 Å². The Morgan fingerprint density at radius 2 is 1.67 bits per heavy atom. The highest BCUT2D eigenvalue weighted by Crippen LogP contribution is 2.39. The van der Waals surface area contributed by atoms with Crippen molar-refractivity contribution >= 4 is 11.6 Å². The highest BCUT2D eigenvalue weighted by molar-refractivity contribution is 6.04. The molecule has 0 aliphatic rings. The molecule has 0 aliphatic heterocycles. The first-order valence-corrected chi connectivity index (χ1v) is 5.20. The number of rotatable bonds is 4. The van der Waals surface area contributed by atoms with Gasteiger partial charge in [-0.3, -0.25) is 4.79 Å². The number of carbonyl (C=O) groups excluding carboxylic acids is 1. The molecule has 1 rings (SSSR count). The highest BCUT2D eigenvalue weighted by atomic mass is 16.5. The van der Waals surface area contributed by atoms with Crippen molar-refractivity contribution in [3.8, 4) is 29.1 Å². The third kappa shape index (κ3) is 3.08. The lowest BCUT2D eigenvalue weighted by atomic mass is 10.2. The van der Waals surface area contributed by atoms with Gasteiger partial charge in [0.25, 0.3) is 5.91 Å². The normalized spacial score (nSPS) is 8.89. The Morgan fingerprint density at radius 3 is 2.06 bits per heavy atom. The molecule has 0 heterocycles. The third-order valence-corrected chi connectivity index (χ3v) is 2.16. The summed E-state index contributed by atoms with van der Waals surface area (Å²) in [5.41, 5.74) is 0.525. The topological polar surface area (TPSA) is 56.8 Å². The fraction of sp³-hybridized carbons (Fsp3) is 0.308. The van der Waals surface area contributed by atoms with Gasteiger partial charge in [0.2, 0.25) is 5.75 Å². The first-order valence-electron chi connectivity index (χ1n) is 5.20. The van der Waals surface area contributed by atoms with Crippen molar-refractivity contribution in [1.82, 2.24) is 0 Å². The summed E-state index contributed by atoms with van der Waals surface area (Å²) in [5.74, 6) is 5.92. The predicted molar refractivity (Wildman–Crippen MR) is 68.2 cm³/mol. The van der Waals surface area contributed by atoms with E-state index in [1.165, 1.54) is 21.3 Å². The minimum Gasteiger partial charge on any atom is -0.493 e. The van der Waals surface area contributed by atoms with E-state index in [4.69, 9.17) is 14.2 Å². The van der Waals surface area contributed by atoms with Gasteiger partial charge < -0.3 is 19.5 Å². The molecule has 0 fully saturated rings. The largest absolute Gasteiger partial charge is 0.493 e. The average Bonchev–Trinajstić information content (AvgIpc) is 2.37. The molecule has 0 radical (unpaired) electrons. The van der Waals surface area contributed by atoms with Crippen LogP contribution in [0.4, 0.5) is 5.69 Å². The zero-order valence-corrected chi connectivity index (χ0v) is 10.8. The van der Waals surface area contributed by atoms with E-state index in [1.807, 2.05) is 0 Å². The fourth-order valence-electron chi connectivity index (χ4n) is 1.43. The van der Waals surface area contributed by atoms with E-state index >= 15 is 0 Å². The van der Waals surface area contributed by atoms with Gasteiger partial charge in [0.15, 0.2) is 11.5 Å². The minimum absolute atomic E-state index is 0.397. The van der Waals surface area contributed by atoms with Crippen LogP contribution >= 0.6 is 0 Å². The van der Waals surface area contributed by atoms with Crippen LogP contribution in [0.15, 0.2) is 12.1 Å². The van der Waals surface area contributed by atoms with Crippen molar-refractivity contribution in [2.24, 2.45) is 0 Å². The predicted octanol–water partition coefficient (Wildman–Crippen LogP) is 1.67. The molecule has 1 amide bonds. The molecule has 5 heteroatoms. The molecule has 1 aromatic carbocycles. The lowest BCUT2D eigenvalue weighted by Gasteiger charge is -2.13. The van der Waals surface area contributed by atoms with Crippen molar-refractivity contribution in [2.75, 3.05) is 26.6 Å². The number of methoxy groups -OCH3 is 3. The second-order valence-electron chi connectivity index (χ2n) is 3.24. The Balaban J connectivity index is 3.13. The van der Waals surface area contributed by atoms with Gasteiger partial charge >= 0.3 is 0 Å². The van der Waals surface area contributed by atoms with E-state index in [1.54, 1.807) is 19.1 Å². The molecule has 0 aromatic heterocycles. The zero-order valence-electron chi connectivity index (χ0n) is 10.8. The Bertz CT molecular complexity index is 474. The SMILES string of the molecule is CC#CC(=O)Nc1cc(OC)c(OC)c(OC)c1. The summed E-state index contributed by atoms with van der Waals surface area (Å²) in [4.78, 5) is 11.4. The van der Waals surface area contributed by atoms with Gasteiger partial charge in [-0.25, -0.2) is 0 Å². The van der Waals surface area contributed by atoms with Crippen molar-refractivity contribution in [3.05, 3.63) is 12.1 Å². The molecule has 0 spiro atoms. The standard InChI is InChI=1S/C13H15NO4/c1-5-6-12(15)14-9-7-10(16-2)13(18-4)11(8-9)17-3/h7-8H,1-4H3,(H,14,15). The monoisotopic (exact) mass is 249 g/mol. The van der Waals surface area contributed by atoms with E-state index in [-0.39, 0.29) is 0 Å². The van der Waals surface area contributed by atoms with E-state index in [0.29, 0.717) is 22.9 Å². The van der Waals surface area contributed by atoms with Crippen molar-refractivity contribution in [1.29, 1.82) is 0 Å². The number of nitrogens with one attached hydrogen (secondary N) is 1. The van der Waals surface area contributed by atoms with Gasteiger partial charge in [-0.2, -0.15) is 0 Å². The van der Waals surface area contributed by atoms with Gasteiger partial charge in [-0.1, -0.05) is 5.92 Å². The molecule has 0 unspecified atom stereocenters. The molecule has 1 aromatic rings. The lowest BCUT2D eigenvalue weighted by Crippen LogP contribution is -2.09. The molecule has 18 heavy (non-hydrogen) atoms. The van der Waals surface area contributed by atoms with Crippen LogP contribution in [0.5, 0.6) is 17.2 Å². The Labute approximate surface area is 106 Å². The van der Waals surface area contributed by atoms with Gasteiger partial charge in [0.05, 0.1) is 21.3 Å². The second-order valence-corrected chi connectivity index (χ2v) is 3.24. The van der Waals surface area contributed by atoms with Crippen molar-refractivity contribution in [2.45, 2.75) is 6.92 Å². The summed E-state index contributed by atoms with van der Waals surface area (Å²) in [6.45, 7) is 1.59. The van der Waals surface area contributed by atoms with E-state index in [0.717, 1.165) is 0 Å². The highest BCUT2D eigenvalue weighted by Gasteiger charge is 2.13. The van der Waals surface area contributed by atoms with Crippen LogP contribution in [0, 0.1) is 11.8 Å². The number of anilines is 1. The summed E-state index contributed by atoms with van der Waals surface area (Å²) >= 11 is 0. The van der Waals surface area contributed by atoms with E-state index in [9.17, 15) is 4.79 Å². The van der Waals surface area contributed by atoms with Gasteiger partial charge in [0, 0.05) is 17.8 Å². The molecular weight excluding hydrogens is 234 g/mol. The molecule has 0 aliphatic carbocycles. The number of ether oxygens (including phenoxy) is 3. The summed E-state index contributed by atoms with van der Waals surface area (Å²) < 4.78 is 15.5. The molecule has 0 bridgehead atoms. The minimum atomic E-state index is -0.397. The number of benzene rings is 1. The molecule has 96 valence electrons. The van der Waals surface area contributed by atoms with Crippen LogP contribution in [0.2, 0.25) is 0 Å². The Hall–Kier alpha value is -2.35. The van der Waals surface area contributed by atoms with Crippen LogP contribution in [-0.4, -0.2) is 27.2 Å². The Kier molecular flexibility index (Phi) is 4.88. The number of amides is 1. The number of carbonyl (C=O) groups is 1. The Morgan fingerprint density at radius 1 is 1.11 bits per heavy atom. The van der Waals surface area contributed by atoms with Crippen LogP contribution < -0.4 is 19.5 Å². The molecule has 5 nitrogen and oxygen atoms in total. The van der Waals surface area contributed by atoms with Crippen LogP contribution in [0.1, 0.15) is 6.92 Å². The van der Waals surface area contributed by atoms with Gasteiger partial charge in [-0.15, -0.1) is 0 Å². The molecule has 0 saturated carbocycles. The van der Waals surface area contributed by atoms with Crippen LogP contribution in [0.3, 0.4) is 0 Å². The van der Waals surface area contributed by atoms with E-state index < -0.39 is 5.91 Å². The molecule has 0 saturated heterocycles. The number of hydrogen-bond donors (Lipinski definition) is 1. The molecule has 1 N–H and O–H groups in total. The maximum atomic E-state index is 11.4. The summed E-state index contributed by atoms with van der Waals surface area (Å²) in [6, 6.07) is 3.27. The van der Waals surface area contributed by atoms with Gasteiger partial charge in [0.1, 0.15) is 0 Å². The lowest BCUT2D eigenvalue weighted by molar-refractivity contribution is -0.111. The quantitative estimate of drug-likeness (QED) is 0.825. The van der Waals surface area contributed by atoms with Crippen LogP contribution in [0.25, 0.3) is 0 Å². The molecule has 0 atom stereocenters. The molecular formula is C13H15NO4. The average molecular weight is 249 g/mol. The maximum Gasteiger partial charge on any atom is 0.300 e. The number of hydrogen-bond acceptors (Lipinski definition) is 4. The fourth-order valence-corrected chi connectivity index (χ4v) is 1.43. The zero-order chi connectivity index (χ0) is 13.5.